The molecule has 0 saturated heterocycles. The summed E-state index contributed by atoms with van der Waals surface area (Å²) in [6, 6.07) is 5.59. The quantitative estimate of drug-likeness (QED) is 0.681. The van der Waals surface area contributed by atoms with Crippen LogP contribution in [-0.4, -0.2) is 21.0 Å². The lowest BCUT2D eigenvalue weighted by atomic mass is 9.99. The number of hydrogen-bond donors (Lipinski definition) is 1. The van der Waals surface area contributed by atoms with Gasteiger partial charge < -0.3 is 5.11 Å². The number of aromatic carboxylic acids is 1. The average Bonchev–Trinajstić information content (AvgIpc) is 2.44. The second-order valence-corrected chi connectivity index (χ2v) is 4.67. The van der Waals surface area contributed by atoms with E-state index in [0.717, 1.165) is 6.42 Å². The highest BCUT2D eigenvalue weighted by molar-refractivity contribution is 6.03. The number of hydrogen-bond acceptors (Lipinski definition) is 4. The van der Waals surface area contributed by atoms with Crippen molar-refractivity contribution in [1.29, 1.82) is 0 Å². The smallest absolute Gasteiger partial charge is 0.336 e. The number of carbonyl (C=O) groups is 1. The number of nitro benzene ring substituents is 1. The predicted molar refractivity (Wildman–Crippen MR) is 74.1 cm³/mol. The fraction of sp³-hybridized carbons (Fsp3) is 0.286. The zero-order valence-corrected chi connectivity index (χ0v) is 11.2. The van der Waals surface area contributed by atoms with E-state index in [1.807, 2.05) is 13.8 Å². The Morgan fingerprint density at radius 1 is 1.45 bits per heavy atom. The highest BCUT2D eigenvalue weighted by Crippen LogP contribution is 2.27. The number of carboxylic acid groups (broad SMARTS) is 1. The molecule has 6 heteroatoms. The molecule has 0 bridgehead atoms. The maximum Gasteiger partial charge on any atom is 0.336 e. The van der Waals surface area contributed by atoms with Crippen molar-refractivity contribution in [2.45, 2.75) is 26.2 Å². The van der Waals surface area contributed by atoms with Crippen LogP contribution in [0, 0.1) is 10.1 Å². The Bertz CT molecular complexity index is 697. The molecule has 0 aliphatic carbocycles. The first-order chi connectivity index (χ1) is 9.43. The van der Waals surface area contributed by atoms with Crippen LogP contribution in [0.1, 0.15) is 42.2 Å². The summed E-state index contributed by atoms with van der Waals surface area (Å²) in [6.45, 7) is 3.96. The number of benzene rings is 1. The van der Waals surface area contributed by atoms with Crippen LogP contribution in [0.25, 0.3) is 10.9 Å². The molecule has 104 valence electrons. The van der Waals surface area contributed by atoms with Crippen molar-refractivity contribution >= 4 is 22.6 Å². The molecule has 1 heterocycles. The predicted octanol–water partition coefficient (Wildman–Crippen LogP) is 3.35. The molecule has 0 spiro atoms. The summed E-state index contributed by atoms with van der Waals surface area (Å²) in [5, 5.41) is 20.4. The molecule has 1 atom stereocenters. The van der Waals surface area contributed by atoms with Gasteiger partial charge in [0.2, 0.25) is 0 Å². The van der Waals surface area contributed by atoms with Gasteiger partial charge in [-0.2, -0.15) is 0 Å². The van der Waals surface area contributed by atoms with Crippen LogP contribution >= 0.6 is 0 Å². The summed E-state index contributed by atoms with van der Waals surface area (Å²) >= 11 is 0. The molecule has 0 saturated carbocycles. The van der Waals surface area contributed by atoms with E-state index in [2.05, 4.69) is 4.98 Å². The van der Waals surface area contributed by atoms with Crippen molar-refractivity contribution in [2.75, 3.05) is 0 Å². The molecule has 0 radical (unpaired) electrons. The Hall–Kier alpha value is -2.50. The van der Waals surface area contributed by atoms with Crippen LogP contribution in [0.4, 0.5) is 5.69 Å². The first kappa shape index (κ1) is 13.9. The van der Waals surface area contributed by atoms with Crippen LogP contribution in [0.2, 0.25) is 0 Å². The van der Waals surface area contributed by atoms with Gasteiger partial charge in [0, 0.05) is 23.2 Å². The Morgan fingerprint density at radius 3 is 2.70 bits per heavy atom. The minimum absolute atomic E-state index is 0.0500. The van der Waals surface area contributed by atoms with E-state index in [0.29, 0.717) is 16.6 Å². The Balaban J connectivity index is 2.74. The molecule has 6 nitrogen and oxygen atoms in total. The lowest BCUT2D eigenvalue weighted by Gasteiger charge is -2.11. The number of non-ortho nitro benzene ring substituents is 1. The van der Waals surface area contributed by atoms with Crippen LogP contribution < -0.4 is 0 Å². The maximum atomic E-state index is 11.4. The van der Waals surface area contributed by atoms with E-state index in [1.54, 1.807) is 0 Å². The largest absolute Gasteiger partial charge is 0.478 e. The topological polar surface area (TPSA) is 93.3 Å². The number of rotatable bonds is 4. The second-order valence-electron chi connectivity index (χ2n) is 4.67. The third-order valence-corrected chi connectivity index (χ3v) is 3.37. The van der Waals surface area contributed by atoms with Gasteiger partial charge in [-0.1, -0.05) is 13.8 Å². The first-order valence-electron chi connectivity index (χ1n) is 6.26. The molecule has 1 unspecified atom stereocenters. The van der Waals surface area contributed by atoms with Crippen molar-refractivity contribution in [2.24, 2.45) is 0 Å². The molecule has 2 aromatic rings. The second kappa shape index (κ2) is 5.24. The number of aromatic nitrogens is 1. The van der Waals surface area contributed by atoms with E-state index in [-0.39, 0.29) is 17.2 Å². The average molecular weight is 274 g/mol. The molecule has 1 N–H and O–H groups in total. The molecule has 2 rings (SSSR count). The van der Waals surface area contributed by atoms with E-state index >= 15 is 0 Å². The number of nitro groups is 1. The molecule has 0 amide bonds. The third-order valence-electron chi connectivity index (χ3n) is 3.37. The molecule has 1 aromatic heterocycles. The van der Waals surface area contributed by atoms with Crippen LogP contribution in [0.15, 0.2) is 24.3 Å². The standard InChI is InChI=1S/C14H14N2O4/c1-3-8(2)13-7-11(14(17)18)10-6-9(16(19)20)4-5-12(10)15-13/h4-8H,3H2,1-2H3,(H,17,18). The molecular weight excluding hydrogens is 260 g/mol. The Labute approximate surface area is 115 Å². The van der Waals surface area contributed by atoms with Crippen molar-refractivity contribution in [3.8, 4) is 0 Å². The van der Waals surface area contributed by atoms with Gasteiger partial charge in [0.15, 0.2) is 0 Å². The molecule has 1 aromatic carbocycles. The highest BCUT2D eigenvalue weighted by Gasteiger charge is 2.17. The van der Waals surface area contributed by atoms with Crippen molar-refractivity contribution < 1.29 is 14.8 Å². The molecule has 0 aliphatic rings. The fourth-order valence-corrected chi connectivity index (χ4v) is 1.99. The lowest BCUT2D eigenvalue weighted by molar-refractivity contribution is -0.384. The first-order valence-corrected chi connectivity index (χ1v) is 6.26. The minimum atomic E-state index is -1.11. The normalized spacial score (nSPS) is 12.3. The van der Waals surface area contributed by atoms with Gasteiger partial charge in [-0.3, -0.25) is 15.1 Å². The van der Waals surface area contributed by atoms with Gasteiger partial charge >= 0.3 is 5.97 Å². The highest BCUT2D eigenvalue weighted by atomic mass is 16.6. The summed E-state index contributed by atoms with van der Waals surface area (Å²) in [5.41, 5.74) is 1.06. The van der Waals surface area contributed by atoms with E-state index in [9.17, 15) is 20.0 Å². The number of fused-ring (bicyclic) bond motifs is 1. The monoisotopic (exact) mass is 274 g/mol. The van der Waals surface area contributed by atoms with Gasteiger partial charge in [-0.05, 0) is 24.5 Å². The summed E-state index contributed by atoms with van der Waals surface area (Å²) in [5.74, 6) is -0.977. The van der Waals surface area contributed by atoms with Crippen molar-refractivity contribution in [1.82, 2.24) is 4.98 Å². The molecular formula is C14H14N2O4. The SMILES string of the molecule is CCC(C)c1cc(C(=O)O)c2cc([N+](=O)[O-])ccc2n1. The van der Waals surface area contributed by atoms with Crippen LogP contribution in [-0.2, 0) is 0 Å². The number of nitrogens with zero attached hydrogens (tertiary/aromatic N) is 2. The zero-order chi connectivity index (χ0) is 14.9. The van der Waals surface area contributed by atoms with Gasteiger partial charge in [0.05, 0.1) is 16.0 Å². The summed E-state index contributed by atoms with van der Waals surface area (Å²) in [6.07, 6.45) is 0.838. The van der Waals surface area contributed by atoms with Gasteiger partial charge in [-0.15, -0.1) is 0 Å². The summed E-state index contributed by atoms with van der Waals surface area (Å²) in [4.78, 5) is 26.0. The van der Waals surface area contributed by atoms with E-state index in [1.165, 1.54) is 24.3 Å². The number of carboxylic acids is 1. The van der Waals surface area contributed by atoms with Gasteiger partial charge in [0.25, 0.3) is 5.69 Å². The molecule has 0 aliphatic heterocycles. The zero-order valence-electron chi connectivity index (χ0n) is 11.2. The van der Waals surface area contributed by atoms with Crippen molar-refractivity contribution in [3.05, 3.63) is 45.6 Å². The maximum absolute atomic E-state index is 11.4. The van der Waals surface area contributed by atoms with E-state index < -0.39 is 10.9 Å². The number of pyridine rings is 1. The Morgan fingerprint density at radius 2 is 2.15 bits per heavy atom. The summed E-state index contributed by atoms with van der Waals surface area (Å²) < 4.78 is 0. The molecule has 20 heavy (non-hydrogen) atoms. The van der Waals surface area contributed by atoms with E-state index in [4.69, 9.17) is 0 Å². The third kappa shape index (κ3) is 2.45. The Kier molecular flexibility index (Phi) is 3.65. The van der Waals surface area contributed by atoms with Crippen molar-refractivity contribution in [3.63, 3.8) is 0 Å². The summed E-state index contributed by atoms with van der Waals surface area (Å²) in [7, 11) is 0. The lowest BCUT2D eigenvalue weighted by Crippen LogP contribution is -2.04. The van der Waals surface area contributed by atoms with Gasteiger partial charge in [-0.25, -0.2) is 4.79 Å². The molecule has 0 fully saturated rings. The minimum Gasteiger partial charge on any atom is -0.478 e. The van der Waals surface area contributed by atoms with Gasteiger partial charge in [0.1, 0.15) is 0 Å². The fourth-order valence-electron chi connectivity index (χ4n) is 1.99. The van der Waals surface area contributed by atoms with Crippen LogP contribution in [0.5, 0.6) is 0 Å². The van der Waals surface area contributed by atoms with Crippen LogP contribution in [0.3, 0.4) is 0 Å².